The standard InChI is InChI=1S/C11H17Cl2N3S/c1-11(2)7-16(5-4-15(11)3)10-14-9(13)8(6-12)17-10/h4-7H2,1-3H3. The molecule has 96 valence electrons. The summed E-state index contributed by atoms with van der Waals surface area (Å²) >= 11 is 13.5. The van der Waals surface area contributed by atoms with Gasteiger partial charge in [-0.1, -0.05) is 22.9 Å². The van der Waals surface area contributed by atoms with Crippen molar-refractivity contribution >= 4 is 39.7 Å². The molecule has 1 aliphatic heterocycles. The largest absolute Gasteiger partial charge is 0.345 e. The van der Waals surface area contributed by atoms with Crippen molar-refractivity contribution in [1.29, 1.82) is 0 Å². The van der Waals surface area contributed by atoms with Gasteiger partial charge < -0.3 is 4.90 Å². The molecular formula is C11H17Cl2N3S. The number of hydrogen-bond donors (Lipinski definition) is 0. The average Bonchev–Trinajstić information content (AvgIpc) is 2.63. The van der Waals surface area contributed by atoms with Gasteiger partial charge in [-0.05, 0) is 20.9 Å². The van der Waals surface area contributed by atoms with E-state index in [1.54, 1.807) is 11.3 Å². The monoisotopic (exact) mass is 293 g/mol. The van der Waals surface area contributed by atoms with Gasteiger partial charge in [-0.2, -0.15) is 0 Å². The fourth-order valence-corrected chi connectivity index (χ4v) is 3.44. The summed E-state index contributed by atoms with van der Waals surface area (Å²) in [5, 5.41) is 1.54. The normalized spacial score (nSPS) is 20.9. The zero-order valence-electron chi connectivity index (χ0n) is 10.3. The highest BCUT2D eigenvalue weighted by Gasteiger charge is 2.32. The van der Waals surface area contributed by atoms with Crippen LogP contribution in [0.5, 0.6) is 0 Å². The first-order valence-electron chi connectivity index (χ1n) is 5.61. The first kappa shape index (κ1) is 13.4. The summed E-state index contributed by atoms with van der Waals surface area (Å²) in [4.78, 5) is 10.0. The minimum absolute atomic E-state index is 0.164. The van der Waals surface area contributed by atoms with Crippen LogP contribution in [0.1, 0.15) is 18.7 Å². The Morgan fingerprint density at radius 2 is 2.12 bits per heavy atom. The predicted molar refractivity (Wildman–Crippen MR) is 75.6 cm³/mol. The summed E-state index contributed by atoms with van der Waals surface area (Å²) in [7, 11) is 2.16. The summed E-state index contributed by atoms with van der Waals surface area (Å²) < 4.78 is 0. The maximum Gasteiger partial charge on any atom is 0.187 e. The maximum absolute atomic E-state index is 6.04. The van der Waals surface area contributed by atoms with Crippen LogP contribution in [-0.2, 0) is 5.88 Å². The lowest BCUT2D eigenvalue weighted by molar-refractivity contribution is 0.139. The van der Waals surface area contributed by atoms with Gasteiger partial charge in [0.05, 0.1) is 10.8 Å². The molecule has 3 nitrogen and oxygen atoms in total. The summed E-state index contributed by atoms with van der Waals surface area (Å²) in [5.74, 6) is 0.438. The van der Waals surface area contributed by atoms with E-state index in [0.717, 1.165) is 29.6 Å². The minimum atomic E-state index is 0.164. The molecule has 0 saturated carbocycles. The van der Waals surface area contributed by atoms with E-state index in [1.165, 1.54) is 0 Å². The number of halogens is 2. The van der Waals surface area contributed by atoms with Crippen molar-refractivity contribution in [2.75, 3.05) is 31.6 Å². The molecule has 0 spiro atoms. The highest BCUT2D eigenvalue weighted by Crippen LogP contribution is 2.33. The summed E-state index contributed by atoms with van der Waals surface area (Å²) in [6, 6.07) is 0. The number of nitrogens with zero attached hydrogens (tertiary/aromatic N) is 3. The Bertz CT molecular complexity index is 405. The molecule has 0 atom stereocenters. The predicted octanol–water partition coefficient (Wildman–Crippen LogP) is 3.07. The van der Waals surface area contributed by atoms with E-state index >= 15 is 0 Å². The van der Waals surface area contributed by atoms with E-state index < -0.39 is 0 Å². The topological polar surface area (TPSA) is 19.4 Å². The van der Waals surface area contributed by atoms with Gasteiger partial charge in [0.15, 0.2) is 5.13 Å². The van der Waals surface area contributed by atoms with Crippen LogP contribution in [-0.4, -0.2) is 42.1 Å². The summed E-state index contributed by atoms with van der Waals surface area (Å²) in [6.07, 6.45) is 0. The van der Waals surface area contributed by atoms with Crippen molar-refractivity contribution in [1.82, 2.24) is 9.88 Å². The van der Waals surface area contributed by atoms with Crippen molar-refractivity contribution in [2.24, 2.45) is 0 Å². The molecule has 0 N–H and O–H groups in total. The lowest BCUT2D eigenvalue weighted by atomic mass is 10.0. The zero-order chi connectivity index (χ0) is 12.6. The molecule has 1 aromatic heterocycles. The van der Waals surface area contributed by atoms with Crippen LogP contribution in [0.2, 0.25) is 5.15 Å². The second kappa shape index (κ2) is 4.92. The van der Waals surface area contributed by atoms with Gasteiger partial charge in [0.1, 0.15) is 5.15 Å². The first-order chi connectivity index (χ1) is 7.94. The fraction of sp³-hybridized carbons (Fsp3) is 0.727. The van der Waals surface area contributed by atoms with Crippen LogP contribution < -0.4 is 4.90 Å². The van der Waals surface area contributed by atoms with Crippen molar-refractivity contribution in [3.8, 4) is 0 Å². The zero-order valence-corrected chi connectivity index (χ0v) is 12.7. The first-order valence-corrected chi connectivity index (χ1v) is 7.34. The lowest BCUT2D eigenvalue weighted by Gasteiger charge is -2.45. The van der Waals surface area contributed by atoms with E-state index in [9.17, 15) is 0 Å². The van der Waals surface area contributed by atoms with Gasteiger partial charge in [0.2, 0.25) is 0 Å². The number of aromatic nitrogens is 1. The third kappa shape index (κ3) is 2.70. The molecule has 17 heavy (non-hydrogen) atoms. The number of anilines is 1. The molecule has 0 unspecified atom stereocenters. The molecule has 2 heterocycles. The van der Waals surface area contributed by atoms with E-state index in [4.69, 9.17) is 23.2 Å². The molecule has 0 aromatic carbocycles. The number of piperazine rings is 1. The van der Waals surface area contributed by atoms with Crippen molar-refractivity contribution in [2.45, 2.75) is 25.3 Å². The number of hydrogen-bond acceptors (Lipinski definition) is 4. The molecule has 2 rings (SSSR count). The molecule has 0 radical (unpaired) electrons. The van der Waals surface area contributed by atoms with Crippen molar-refractivity contribution in [3.63, 3.8) is 0 Å². The van der Waals surface area contributed by atoms with Crippen LogP contribution in [0.4, 0.5) is 5.13 Å². The van der Waals surface area contributed by atoms with Gasteiger partial charge in [-0.15, -0.1) is 11.6 Å². The van der Waals surface area contributed by atoms with Gasteiger partial charge in [0.25, 0.3) is 0 Å². The van der Waals surface area contributed by atoms with Crippen LogP contribution in [0.25, 0.3) is 0 Å². The molecule has 0 amide bonds. The van der Waals surface area contributed by atoms with Gasteiger partial charge in [-0.3, -0.25) is 4.90 Å². The number of likely N-dealkylation sites (N-methyl/N-ethyl adjacent to an activating group) is 1. The molecule has 1 aliphatic rings. The smallest absolute Gasteiger partial charge is 0.187 e. The second-order valence-electron chi connectivity index (χ2n) is 5.00. The Kier molecular flexibility index (Phi) is 3.88. The van der Waals surface area contributed by atoms with Gasteiger partial charge >= 0.3 is 0 Å². The Hall–Kier alpha value is -0.0300. The van der Waals surface area contributed by atoms with E-state index in [0.29, 0.717) is 11.0 Å². The Morgan fingerprint density at radius 3 is 2.65 bits per heavy atom. The number of thiazole rings is 1. The average molecular weight is 294 g/mol. The fourth-order valence-electron chi connectivity index (χ4n) is 1.94. The Balaban J connectivity index is 2.18. The third-order valence-corrected chi connectivity index (χ3v) is 5.31. The van der Waals surface area contributed by atoms with Crippen molar-refractivity contribution < 1.29 is 0 Å². The molecule has 1 fully saturated rings. The molecule has 6 heteroatoms. The maximum atomic E-state index is 6.04. The summed E-state index contributed by atoms with van der Waals surface area (Å²) in [6.45, 7) is 7.49. The van der Waals surface area contributed by atoms with Crippen LogP contribution in [0.3, 0.4) is 0 Å². The SMILES string of the molecule is CN1CCN(c2nc(Cl)c(CCl)s2)CC1(C)C. The lowest BCUT2D eigenvalue weighted by Crippen LogP contribution is -2.57. The minimum Gasteiger partial charge on any atom is -0.345 e. The third-order valence-electron chi connectivity index (χ3n) is 3.35. The van der Waals surface area contributed by atoms with Crippen LogP contribution >= 0.6 is 34.5 Å². The Morgan fingerprint density at radius 1 is 1.41 bits per heavy atom. The molecular weight excluding hydrogens is 277 g/mol. The number of alkyl halides is 1. The number of rotatable bonds is 2. The highest BCUT2D eigenvalue weighted by molar-refractivity contribution is 7.16. The molecule has 1 saturated heterocycles. The van der Waals surface area contributed by atoms with E-state index in [-0.39, 0.29) is 5.54 Å². The molecule has 0 aliphatic carbocycles. The van der Waals surface area contributed by atoms with Gasteiger partial charge in [-0.25, -0.2) is 4.98 Å². The van der Waals surface area contributed by atoms with E-state index in [1.807, 2.05) is 0 Å². The molecule has 1 aromatic rings. The second-order valence-corrected chi connectivity index (χ2v) is 6.69. The van der Waals surface area contributed by atoms with Crippen LogP contribution in [0.15, 0.2) is 0 Å². The van der Waals surface area contributed by atoms with E-state index in [2.05, 4.69) is 35.7 Å². The van der Waals surface area contributed by atoms with Gasteiger partial charge in [0, 0.05) is 25.2 Å². The van der Waals surface area contributed by atoms with Crippen molar-refractivity contribution in [3.05, 3.63) is 10.0 Å². The summed E-state index contributed by atoms with van der Waals surface area (Å²) in [5.41, 5.74) is 0.164. The Labute approximate surface area is 116 Å². The quantitative estimate of drug-likeness (QED) is 0.781. The molecule has 0 bridgehead atoms. The highest BCUT2D eigenvalue weighted by atomic mass is 35.5. The van der Waals surface area contributed by atoms with Crippen LogP contribution in [0, 0.1) is 0 Å².